The van der Waals surface area contributed by atoms with Gasteiger partial charge in [-0.1, -0.05) is 20.8 Å². The van der Waals surface area contributed by atoms with Crippen molar-refractivity contribution in [2.24, 2.45) is 5.41 Å². The molecule has 0 saturated heterocycles. The molecule has 0 aromatic carbocycles. The second-order valence-electron chi connectivity index (χ2n) is 4.52. The summed E-state index contributed by atoms with van der Waals surface area (Å²) in [4.78, 5) is 10.9. The molecule has 0 amide bonds. The number of hydrogen-bond acceptors (Lipinski definition) is 3. The molecule has 0 heterocycles. The monoisotopic (exact) mass is 203 g/mol. The highest BCUT2D eigenvalue weighted by molar-refractivity contribution is 5.74. The van der Waals surface area contributed by atoms with Crippen molar-refractivity contribution in [2.75, 3.05) is 13.2 Å². The normalized spacial score (nSPS) is 14.0. The van der Waals surface area contributed by atoms with Crippen LogP contribution in [-0.4, -0.2) is 35.4 Å². The highest BCUT2D eigenvalue weighted by atomic mass is 16.4. The number of aliphatic hydroxyl groups is 1. The van der Waals surface area contributed by atoms with Crippen molar-refractivity contribution in [3.8, 4) is 0 Å². The predicted octanol–water partition coefficient (Wildman–Crippen LogP) is 0.848. The number of aliphatic hydroxyl groups excluding tert-OH is 1. The van der Waals surface area contributed by atoms with Crippen LogP contribution in [0.15, 0.2) is 0 Å². The van der Waals surface area contributed by atoms with Gasteiger partial charge >= 0.3 is 5.97 Å². The predicted molar refractivity (Wildman–Crippen MR) is 55.2 cm³/mol. The minimum Gasteiger partial charge on any atom is -0.480 e. The van der Waals surface area contributed by atoms with Gasteiger partial charge in [-0.15, -0.1) is 0 Å². The molecule has 0 bridgehead atoms. The first kappa shape index (κ1) is 13.4. The molecule has 0 aromatic rings. The van der Waals surface area contributed by atoms with Gasteiger partial charge in [0.1, 0.15) is 6.04 Å². The summed E-state index contributed by atoms with van der Waals surface area (Å²) in [6.07, 6.45) is 1.51. The smallest absolute Gasteiger partial charge is 0.321 e. The van der Waals surface area contributed by atoms with E-state index < -0.39 is 12.0 Å². The summed E-state index contributed by atoms with van der Waals surface area (Å²) in [7, 11) is 0. The third kappa shape index (κ3) is 5.19. The van der Waals surface area contributed by atoms with Crippen LogP contribution in [0.1, 0.15) is 33.6 Å². The Kier molecular flexibility index (Phi) is 5.72. The van der Waals surface area contributed by atoms with Crippen LogP contribution >= 0.6 is 0 Å². The third-order valence-electron chi connectivity index (χ3n) is 2.05. The minimum absolute atomic E-state index is 0.162. The molecule has 1 atom stereocenters. The average Bonchev–Trinajstić information content (AvgIpc) is 2.01. The molecule has 4 nitrogen and oxygen atoms in total. The van der Waals surface area contributed by atoms with Crippen LogP contribution in [0.5, 0.6) is 0 Å². The fourth-order valence-corrected chi connectivity index (χ4v) is 1.25. The van der Waals surface area contributed by atoms with Crippen molar-refractivity contribution >= 4 is 5.97 Å². The molecule has 4 heteroatoms. The van der Waals surface area contributed by atoms with E-state index in [4.69, 9.17) is 10.2 Å². The first-order valence-electron chi connectivity index (χ1n) is 4.96. The second-order valence-corrected chi connectivity index (χ2v) is 4.52. The van der Waals surface area contributed by atoms with E-state index in [1.807, 2.05) is 20.8 Å². The number of carboxylic acids is 1. The number of rotatable bonds is 6. The summed E-state index contributed by atoms with van der Waals surface area (Å²) in [6, 6.07) is -0.527. The van der Waals surface area contributed by atoms with Crippen molar-refractivity contribution in [1.29, 1.82) is 0 Å². The standard InChI is InChI=1S/C10H21NO3/c1-10(2,3)8(9(13)14)11-6-4-5-7-12/h8,11-12H,4-7H2,1-3H3,(H,13,14). The zero-order valence-electron chi connectivity index (χ0n) is 9.21. The van der Waals surface area contributed by atoms with Gasteiger partial charge in [-0.05, 0) is 24.8 Å². The second kappa shape index (κ2) is 5.98. The molecule has 0 spiro atoms. The molecule has 0 saturated carbocycles. The lowest BCUT2D eigenvalue weighted by atomic mass is 9.87. The maximum Gasteiger partial charge on any atom is 0.321 e. The van der Waals surface area contributed by atoms with Gasteiger partial charge in [0.05, 0.1) is 0 Å². The van der Waals surface area contributed by atoms with Crippen molar-refractivity contribution in [2.45, 2.75) is 39.7 Å². The van der Waals surface area contributed by atoms with Crippen LogP contribution in [0, 0.1) is 5.41 Å². The SMILES string of the molecule is CC(C)(C)C(NCCCCO)C(=O)O. The topological polar surface area (TPSA) is 69.6 Å². The lowest BCUT2D eigenvalue weighted by Gasteiger charge is -2.27. The van der Waals surface area contributed by atoms with Gasteiger partial charge in [0.2, 0.25) is 0 Å². The molecular weight excluding hydrogens is 182 g/mol. The molecule has 0 aromatic heterocycles. The summed E-state index contributed by atoms with van der Waals surface area (Å²) in [6.45, 7) is 6.48. The zero-order chi connectivity index (χ0) is 11.2. The van der Waals surface area contributed by atoms with Crippen molar-refractivity contribution in [3.05, 3.63) is 0 Å². The molecule has 84 valence electrons. The van der Waals surface area contributed by atoms with Crippen molar-refractivity contribution < 1.29 is 15.0 Å². The van der Waals surface area contributed by atoms with Gasteiger partial charge in [0.15, 0.2) is 0 Å². The number of nitrogens with one attached hydrogen (secondary N) is 1. The Bertz CT molecular complexity index is 175. The molecule has 14 heavy (non-hydrogen) atoms. The van der Waals surface area contributed by atoms with Gasteiger partial charge in [-0.3, -0.25) is 4.79 Å². The first-order chi connectivity index (χ1) is 6.39. The maximum atomic E-state index is 10.9. The summed E-state index contributed by atoms with van der Waals surface area (Å²) >= 11 is 0. The molecule has 0 aliphatic heterocycles. The Morgan fingerprint density at radius 1 is 1.36 bits per heavy atom. The number of carbonyl (C=O) groups is 1. The Labute approximate surface area is 85.3 Å². The molecular formula is C10H21NO3. The van der Waals surface area contributed by atoms with Crippen LogP contribution in [0.25, 0.3) is 0 Å². The Morgan fingerprint density at radius 3 is 2.29 bits per heavy atom. The van der Waals surface area contributed by atoms with Gasteiger partial charge in [-0.2, -0.15) is 0 Å². The highest BCUT2D eigenvalue weighted by Crippen LogP contribution is 2.19. The highest BCUT2D eigenvalue weighted by Gasteiger charge is 2.30. The van der Waals surface area contributed by atoms with Crippen LogP contribution in [0.2, 0.25) is 0 Å². The van der Waals surface area contributed by atoms with E-state index in [2.05, 4.69) is 5.32 Å². The van der Waals surface area contributed by atoms with Crippen LogP contribution in [-0.2, 0) is 4.79 Å². The van der Waals surface area contributed by atoms with Crippen LogP contribution in [0.4, 0.5) is 0 Å². The fraction of sp³-hybridized carbons (Fsp3) is 0.900. The first-order valence-corrected chi connectivity index (χ1v) is 4.96. The van der Waals surface area contributed by atoms with E-state index in [-0.39, 0.29) is 12.0 Å². The van der Waals surface area contributed by atoms with E-state index in [0.717, 1.165) is 6.42 Å². The van der Waals surface area contributed by atoms with Gasteiger partial charge in [0.25, 0.3) is 0 Å². The fourth-order valence-electron chi connectivity index (χ4n) is 1.25. The lowest BCUT2D eigenvalue weighted by Crippen LogP contribution is -2.46. The summed E-state index contributed by atoms with van der Waals surface area (Å²) < 4.78 is 0. The quantitative estimate of drug-likeness (QED) is 0.560. The van der Waals surface area contributed by atoms with Crippen LogP contribution < -0.4 is 5.32 Å². The average molecular weight is 203 g/mol. The van der Waals surface area contributed by atoms with Crippen molar-refractivity contribution in [3.63, 3.8) is 0 Å². The minimum atomic E-state index is -0.818. The third-order valence-corrected chi connectivity index (χ3v) is 2.05. The number of aliphatic carboxylic acids is 1. The Morgan fingerprint density at radius 2 is 1.93 bits per heavy atom. The zero-order valence-corrected chi connectivity index (χ0v) is 9.21. The van der Waals surface area contributed by atoms with Crippen LogP contribution in [0.3, 0.4) is 0 Å². The summed E-state index contributed by atoms with van der Waals surface area (Å²) in [5.41, 5.74) is -0.287. The summed E-state index contributed by atoms with van der Waals surface area (Å²) in [5.74, 6) is -0.818. The lowest BCUT2D eigenvalue weighted by molar-refractivity contribution is -0.142. The van der Waals surface area contributed by atoms with Gasteiger partial charge in [0, 0.05) is 6.61 Å². The summed E-state index contributed by atoms with van der Waals surface area (Å²) in [5, 5.41) is 20.5. The Balaban J connectivity index is 3.94. The number of unbranched alkanes of at least 4 members (excludes halogenated alkanes) is 1. The van der Waals surface area contributed by atoms with E-state index >= 15 is 0 Å². The van der Waals surface area contributed by atoms with E-state index in [9.17, 15) is 4.79 Å². The molecule has 0 aliphatic carbocycles. The molecule has 3 N–H and O–H groups in total. The molecule has 0 fully saturated rings. The van der Waals surface area contributed by atoms with E-state index in [1.165, 1.54) is 0 Å². The van der Waals surface area contributed by atoms with Crippen molar-refractivity contribution in [1.82, 2.24) is 5.32 Å². The molecule has 1 unspecified atom stereocenters. The van der Waals surface area contributed by atoms with Gasteiger partial charge < -0.3 is 15.5 Å². The number of hydrogen-bond donors (Lipinski definition) is 3. The Hall–Kier alpha value is -0.610. The maximum absolute atomic E-state index is 10.9. The van der Waals surface area contributed by atoms with E-state index in [1.54, 1.807) is 0 Å². The molecule has 0 aliphatic rings. The van der Waals surface area contributed by atoms with E-state index in [0.29, 0.717) is 13.0 Å². The molecule has 0 radical (unpaired) electrons. The molecule has 0 rings (SSSR count). The largest absolute Gasteiger partial charge is 0.480 e. The number of carboxylic acid groups (broad SMARTS) is 1. The van der Waals surface area contributed by atoms with Gasteiger partial charge in [-0.25, -0.2) is 0 Å².